The highest BCUT2D eigenvalue weighted by Crippen LogP contribution is 2.12. The molecule has 5 nitrogen and oxygen atoms in total. The van der Waals surface area contributed by atoms with Gasteiger partial charge in [0.15, 0.2) is 6.61 Å². The summed E-state index contributed by atoms with van der Waals surface area (Å²) < 4.78 is 4.70. The first-order valence-corrected chi connectivity index (χ1v) is 4.89. The van der Waals surface area contributed by atoms with Crippen LogP contribution >= 0.6 is 0 Å². The Hall–Kier alpha value is -2.04. The largest absolute Gasteiger partial charge is 0.508 e. The van der Waals surface area contributed by atoms with Crippen LogP contribution in [0.4, 0.5) is 0 Å². The Morgan fingerprint density at radius 1 is 1.31 bits per heavy atom. The van der Waals surface area contributed by atoms with Gasteiger partial charge in [0.25, 0.3) is 5.91 Å². The van der Waals surface area contributed by atoms with E-state index in [1.165, 1.54) is 12.1 Å². The number of carbonyl (C=O) groups is 2. The van der Waals surface area contributed by atoms with Crippen molar-refractivity contribution in [2.75, 3.05) is 6.61 Å². The molecule has 1 aliphatic heterocycles. The predicted octanol–water partition coefficient (Wildman–Crippen LogP) is -0.0237. The molecule has 1 amide bonds. The monoisotopic (exact) mass is 221 g/mol. The van der Waals surface area contributed by atoms with Crippen molar-refractivity contribution in [3.8, 4) is 5.75 Å². The number of ether oxygens (including phenoxy) is 1. The van der Waals surface area contributed by atoms with Gasteiger partial charge in [0.05, 0.1) is 0 Å². The van der Waals surface area contributed by atoms with Crippen molar-refractivity contribution in [3.05, 3.63) is 29.8 Å². The molecule has 16 heavy (non-hydrogen) atoms. The molecule has 0 aromatic heterocycles. The summed E-state index contributed by atoms with van der Waals surface area (Å²) in [6.45, 7) is -0.203. The number of cyclic esters (lactones) is 1. The lowest BCUT2D eigenvalue weighted by atomic mass is 10.1. The third-order valence-electron chi connectivity index (χ3n) is 2.34. The average Bonchev–Trinajstić information content (AvgIpc) is 2.27. The van der Waals surface area contributed by atoms with Crippen molar-refractivity contribution in [2.24, 2.45) is 0 Å². The maximum atomic E-state index is 11.3. The number of amides is 1. The van der Waals surface area contributed by atoms with Crippen LogP contribution in [-0.4, -0.2) is 29.6 Å². The predicted molar refractivity (Wildman–Crippen MR) is 54.7 cm³/mol. The van der Waals surface area contributed by atoms with Crippen LogP contribution in [0.15, 0.2) is 24.3 Å². The molecule has 1 aromatic rings. The second-order valence-electron chi connectivity index (χ2n) is 3.60. The molecule has 0 spiro atoms. The number of carbonyl (C=O) groups excluding carboxylic acids is 2. The summed E-state index contributed by atoms with van der Waals surface area (Å²) in [6, 6.07) is 5.83. The molecule has 0 bridgehead atoms. The van der Waals surface area contributed by atoms with E-state index >= 15 is 0 Å². The average molecular weight is 221 g/mol. The first-order valence-electron chi connectivity index (χ1n) is 4.89. The van der Waals surface area contributed by atoms with E-state index < -0.39 is 12.0 Å². The lowest BCUT2D eigenvalue weighted by Crippen LogP contribution is -2.50. The van der Waals surface area contributed by atoms with Crippen LogP contribution in [0.5, 0.6) is 5.75 Å². The highest BCUT2D eigenvalue weighted by Gasteiger charge is 2.27. The maximum absolute atomic E-state index is 11.3. The van der Waals surface area contributed by atoms with Gasteiger partial charge in [0, 0.05) is 6.42 Å². The summed E-state index contributed by atoms with van der Waals surface area (Å²) in [5.74, 6) is -0.546. The van der Waals surface area contributed by atoms with Gasteiger partial charge in [-0.25, -0.2) is 4.79 Å². The normalized spacial score (nSPS) is 20.1. The molecule has 1 heterocycles. The summed E-state index contributed by atoms with van der Waals surface area (Å²) in [5, 5.41) is 11.6. The highest BCUT2D eigenvalue weighted by atomic mass is 16.5. The molecule has 1 aliphatic rings. The first-order chi connectivity index (χ1) is 7.65. The van der Waals surface area contributed by atoms with Crippen LogP contribution < -0.4 is 5.32 Å². The van der Waals surface area contributed by atoms with E-state index in [0.29, 0.717) is 6.42 Å². The van der Waals surface area contributed by atoms with Gasteiger partial charge in [-0.2, -0.15) is 0 Å². The topological polar surface area (TPSA) is 75.6 Å². The summed E-state index contributed by atoms with van der Waals surface area (Å²) in [5.41, 5.74) is 0.849. The van der Waals surface area contributed by atoms with Gasteiger partial charge in [0.2, 0.25) is 0 Å². The van der Waals surface area contributed by atoms with E-state index in [-0.39, 0.29) is 18.3 Å². The SMILES string of the molecule is O=C1COC(=O)[C@H](Cc2ccc(O)cc2)N1. The zero-order valence-electron chi connectivity index (χ0n) is 8.47. The highest BCUT2D eigenvalue weighted by molar-refractivity contribution is 5.90. The zero-order valence-corrected chi connectivity index (χ0v) is 8.47. The van der Waals surface area contributed by atoms with E-state index in [4.69, 9.17) is 9.84 Å². The second kappa shape index (κ2) is 4.22. The lowest BCUT2D eigenvalue weighted by Gasteiger charge is -2.22. The molecule has 1 aromatic carbocycles. The Morgan fingerprint density at radius 2 is 2.00 bits per heavy atom. The fourth-order valence-corrected chi connectivity index (χ4v) is 1.53. The van der Waals surface area contributed by atoms with Crippen molar-refractivity contribution in [2.45, 2.75) is 12.5 Å². The number of morpholine rings is 1. The van der Waals surface area contributed by atoms with Gasteiger partial charge in [0.1, 0.15) is 11.8 Å². The van der Waals surface area contributed by atoms with Gasteiger partial charge in [-0.05, 0) is 17.7 Å². The molecule has 0 aliphatic carbocycles. The molecule has 1 atom stereocenters. The fraction of sp³-hybridized carbons (Fsp3) is 0.273. The van der Waals surface area contributed by atoms with Crippen LogP contribution in [0.25, 0.3) is 0 Å². The summed E-state index contributed by atoms with van der Waals surface area (Å²) in [4.78, 5) is 22.4. The smallest absolute Gasteiger partial charge is 0.329 e. The molecular formula is C11H11NO4. The molecule has 1 fully saturated rings. The summed E-state index contributed by atoms with van der Waals surface area (Å²) in [7, 11) is 0. The Kier molecular flexibility index (Phi) is 2.76. The molecule has 2 N–H and O–H groups in total. The number of phenols is 1. The number of hydrogen-bond donors (Lipinski definition) is 2. The number of benzene rings is 1. The standard InChI is InChI=1S/C11H11NO4/c13-8-3-1-7(2-4-8)5-9-11(15)16-6-10(14)12-9/h1-4,9,13H,5-6H2,(H,12,14)/t9-/m0/s1. The van der Waals surface area contributed by atoms with Crippen molar-refractivity contribution in [1.82, 2.24) is 5.32 Å². The van der Waals surface area contributed by atoms with Gasteiger partial charge >= 0.3 is 5.97 Å². The number of hydrogen-bond acceptors (Lipinski definition) is 4. The molecule has 0 radical (unpaired) electrons. The number of rotatable bonds is 2. The third-order valence-corrected chi connectivity index (χ3v) is 2.34. The van der Waals surface area contributed by atoms with E-state index in [9.17, 15) is 9.59 Å². The Bertz CT molecular complexity index is 412. The second-order valence-corrected chi connectivity index (χ2v) is 3.60. The summed E-state index contributed by atoms with van der Waals surface area (Å²) in [6.07, 6.45) is 0.366. The first kappa shape index (κ1) is 10.5. The molecule has 0 unspecified atom stereocenters. The van der Waals surface area contributed by atoms with Gasteiger partial charge in [-0.3, -0.25) is 4.79 Å². The molecule has 1 saturated heterocycles. The Morgan fingerprint density at radius 3 is 2.69 bits per heavy atom. The minimum atomic E-state index is -0.634. The summed E-state index contributed by atoms with van der Waals surface area (Å²) >= 11 is 0. The van der Waals surface area contributed by atoms with E-state index in [1.807, 2.05) is 0 Å². The number of nitrogens with one attached hydrogen (secondary N) is 1. The van der Waals surface area contributed by atoms with Crippen molar-refractivity contribution >= 4 is 11.9 Å². The Labute approximate surface area is 92.0 Å². The van der Waals surface area contributed by atoms with Crippen LogP contribution in [-0.2, 0) is 20.7 Å². The van der Waals surface area contributed by atoms with Gasteiger partial charge in [-0.15, -0.1) is 0 Å². The van der Waals surface area contributed by atoms with Crippen LogP contribution in [0.2, 0.25) is 0 Å². The van der Waals surface area contributed by atoms with E-state index in [2.05, 4.69) is 5.32 Å². The minimum Gasteiger partial charge on any atom is -0.508 e. The fourth-order valence-electron chi connectivity index (χ4n) is 1.53. The molecule has 2 rings (SSSR count). The van der Waals surface area contributed by atoms with Crippen LogP contribution in [0.1, 0.15) is 5.56 Å². The van der Waals surface area contributed by atoms with Crippen LogP contribution in [0, 0.1) is 0 Å². The van der Waals surface area contributed by atoms with Crippen molar-refractivity contribution in [1.29, 1.82) is 0 Å². The van der Waals surface area contributed by atoms with Gasteiger partial charge < -0.3 is 15.2 Å². The lowest BCUT2D eigenvalue weighted by molar-refractivity contribution is -0.157. The van der Waals surface area contributed by atoms with Crippen LogP contribution in [0.3, 0.4) is 0 Å². The third kappa shape index (κ3) is 2.31. The van der Waals surface area contributed by atoms with E-state index in [0.717, 1.165) is 5.56 Å². The van der Waals surface area contributed by atoms with Gasteiger partial charge in [-0.1, -0.05) is 12.1 Å². The zero-order chi connectivity index (χ0) is 11.5. The number of aromatic hydroxyl groups is 1. The minimum absolute atomic E-state index is 0.166. The molecule has 84 valence electrons. The van der Waals surface area contributed by atoms with Crippen molar-refractivity contribution < 1.29 is 19.4 Å². The number of phenolic OH excluding ortho intramolecular Hbond substituents is 1. The molecule has 5 heteroatoms. The molecular weight excluding hydrogens is 210 g/mol. The quantitative estimate of drug-likeness (QED) is 0.688. The van der Waals surface area contributed by atoms with E-state index in [1.54, 1.807) is 12.1 Å². The maximum Gasteiger partial charge on any atom is 0.329 e. The number of esters is 1. The molecule has 0 saturated carbocycles. The van der Waals surface area contributed by atoms with Crippen molar-refractivity contribution in [3.63, 3.8) is 0 Å². The Balaban J connectivity index is 2.05.